The quantitative estimate of drug-likeness (QED) is 0.265. The van der Waals surface area contributed by atoms with Crippen LogP contribution in [0.1, 0.15) is 46.2 Å². The molecule has 0 radical (unpaired) electrons. The lowest BCUT2D eigenvalue weighted by Gasteiger charge is -2.36. The third kappa shape index (κ3) is 5.16. The monoisotopic (exact) mass is 423 g/mol. The zero-order valence-electron chi connectivity index (χ0n) is 19.5. The molecule has 0 N–H and O–H groups in total. The van der Waals surface area contributed by atoms with Crippen LogP contribution in [0.25, 0.3) is 16.6 Å². The number of ether oxygens (including phenoxy) is 1. The van der Waals surface area contributed by atoms with Crippen molar-refractivity contribution in [3.8, 4) is 11.4 Å². The van der Waals surface area contributed by atoms with Crippen molar-refractivity contribution in [1.82, 2.24) is 4.57 Å². The van der Waals surface area contributed by atoms with Crippen LogP contribution in [-0.4, -0.2) is 26.1 Å². The lowest BCUT2D eigenvalue weighted by molar-refractivity contribution is 0.290. The molecule has 0 atom stereocenters. The molecule has 1 aromatic heterocycles. The minimum absolute atomic E-state index is 0.229. The van der Waals surface area contributed by atoms with Gasteiger partial charge in [0.25, 0.3) is 0 Å². The first-order valence-electron chi connectivity index (χ1n) is 11.2. The lowest BCUT2D eigenvalue weighted by Crippen LogP contribution is -2.41. The van der Waals surface area contributed by atoms with Crippen LogP contribution in [-0.2, 0) is 10.8 Å². The van der Waals surface area contributed by atoms with E-state index in [1.165, 1.54) is 22.3 Å². The molecule has 0 fully saturated rings. The van der Waals surface area contributed by atoms with Gasteiger partial charge >= 0.3 is 0 Å². The Morgan fingerprint density at radius 1 is 0.933 bits per heavy atom. The standard InChI is InChI=1S/C26H37NO2Si/c1-7-8-18-28-24-15-13-22(14-16-24)27-23(20-21-11-9-10-12-25(21)27)17-19-29-30(5,6)26(2,3)4/h9-16,20H,7-8,17-19H2,1-6H3. The molecular weight excluding hydrogens is 386 g/mol. The summed E-state index contributed by atoms with van der Waals surface area (Å²) in [4.78, 5) is 0. The third-order valence-corrected chi connectivity index (χ3v) is 10.8. The first kappa shape index (κ1) is 22.6. The minimum atomic E-state index is -1.74. The maximum atomic E-state index is 6.46. The molecule has 0 spiro atoms. The number of fused-ring (bicyclic) bond motifs is 1. The lowest BCUT2D eigenvalue weighted by atomic mass is 10.2. The summed E-state index contributed by atoms with van der Waals surface area (Å²) >= 11 is 0. The highest BCUT2D eigenvalue weighted by atomic mass is 28.4. The topological polar surface area (TPSA) is 23.4 Å². The van der Waals surface area contributed by atoms with E-state index in [0.29, 0.717) is 0 Å². The Bertz CT molecular complexity index is 951. The van der Waals surface area contributed by atoms with Crippen molar-refractivity contribution in [2.24, 2.45) is 0 Å². The van der Waals surface area contributed by atoms with E-state index in [0.717, 1.165) is 38.2 Å². The highest BCUT2D eigenvalue weighted by molar-refractivity contribution is 6.74. The molecule has 4 heteroatoms. The molecule has 2 aromatic carbocycles. The van der Waals surface area contributed by atoms with Crippen LogP contribution in [0.2, 0.25) is 18.1 Å². The van der Waals surface area contributed by atoms with Gasteiger partial charge in [0, 0.05) is 29.8 Å². The van der Waals surface area contributed by atoms with Gasteiger partial charge in [-0.05, 0) is 61.0 Å². The maximum Gasteiger partial charge on any atom is 0.191 e. The summed E-state index contributed by atoms with van der Waals surface area (Å²) < 4.78 is 14.7. The Morgan fingerprint density at radius 2 is 1.63 bits per heavy atom. The molecule has 0 aliphatic rings. The average molecular weight is 424 g/mol. The molecule has 3 nitrogen and oxygen atoms in total. The van der Waals surface area contributed by atoms with Crippen LogP contribution in [0.4, 0.5) is 0 Å². The summed E-state index contributed by atoms with van der Waals surface area (Å²) in [5.41, 5.74) is 3.69. The Morgan fingerprint density at radius 3 is 2.30 bits per heavy atom. The van der Waals surface area contributed by atoms with Gasteiger partial charge in [0.2, 0.25) is 0 Å². The summed E-state index contributed by atoms with van der Waals surface area (Å²) in [5.74, 6) is 0.937. The molecular formula is C26H37NO2Si. The van der Waals surface area contributed by atoms with Crippen LogP contribution in [0.3, 0.4) is 0 Å². The van der Waals surface area contributed by atoms with Crippen LogP contribution in [0.5, 0.6) is 5.75 Å². The van der Waals surface area contributed by atoms with Crippen LogP contribution in [0, 0.1) is 0 Å². The SMILES string of the molecule is CCCCOc1ccc(-n2c(CCO[Si](C)(C)C(C)(C)C)cc3ccccc32)cc1. The fraction of sp³-hybridized carbons (Fsp3) is 0.462. The summed E-state index contributed by atoms with van der Waals surface area (Å²) in [6.45, 7) is 15.2. The van der Waals surface area contributed by atoms with Gasteiger partial charge in [-0.3, -0.25) is 0 Å². The van der Waals surface area contributed by atoms with E-state index in [4.69, 9.17) is 9.16 Å². The van der Waals surface area contributed by atoms with E-state index in [1.807, 2.05) is 0 Å². The van der Waals surface area contributed by atoms with Crippen molar-refractivity contribution < 1.29 is 9.16 Å². The second kappa shape index (κ2) is 9.40. The number of hydrogen-bond donors (Lipinski definition) is 0. The van der Waals surface area contributed by atoms with E-state index < -0.39 is 8.32 Å². The molecule has 0 aliphatic heterocycles. The van der Waals surface area contributed by atoms with E-state index in [1.54, 1.807) is 0 Å². The van der Waals surface area contributed by atoms with E-state index >= 15 is 0 Å². The zero-order chi connectivity index (χ0) is 21.8. The molecule has 30 heavy (non-hydrogen) atoms. The number of benzene rings is 2. The van der Waals surface area contributed by atoms with Gasteiger partial charge < -0.3 is 13.7 Å². The molecule has 0 saturated heterocycles. The maximum absolute atomic E-state index is 6.46. The molecule has 0 aliphatic carbocycles. The number of unbranched alkanes of at least 4 members (excludes halogenated alkanes) is 1. The second-order valence-electron chi connectivity index (χ2n) is 9.58. The van der Waals surface area contributed by atoms with Gasteiger partial charge in [-0.25, -0.2) is 0 Å². The molecule has 0 saturated carbocycles. The summed E-state index contributed by atoms with van der Waals surface area (Å²) in [5, 5.41) is 1.50. The highest BCUT2D eigenvalue weighted by Gasteiger charge is 2.36. The van der Waals surface area contributed by atoms with Crippen LogP contribution < -0.4 is 4.74 Å². The number of nitrogens with zero attached hydrogens (tertiary/aromatic N) is 1. The number of para-hydroxylation sites is 1. The minimum Gasteiger partial charge on any atom is -0.494 e. The Hall–Kier alpha value is -2.04. The highest BCUT2D eigenvalue weighted by Crippen LogP contribution is 2.36. The van der Waals surface area contributed by atoms with Gasteiger partial charge in [0.15, 0.2) is 8.32 Å². The summed E-state index contributed by atoms with van der Waals surface area (Å²) in [7, 11) is -1.74. The van der Waals surface area contributed by atoms with Gasteiger partial charge in [-0.1, -0.05) is 52.3 Å². The Kier molecular flexibility index (Phi) is 7.09. The van der Waals surface area contributed by atoms with Crippen molar-refractivity contribution in [2.45, 2.75) is 65.1 Å². The largest absolute Gasteiger partial charge is 0.494 e. The Labute approximate surface area is 183 Å². The zero-order valence-corrected chi connectivity index (χ0v) is 20.5. The normalized spacial score (nSPS) is 12.5. The van der Waals surface area contributed by atoms with Crippen LogP contribution in [0.15, 0.2) is 54.6 Å². The number of hydrogen-bond acceptors (Lipinski definition) is 2. The van der Waals surface area contributed by atoms with Crippen molar-refractivity contribution >= 4 is 19.2 Å². The fourth-order valence-corrected chi connectivity index (χ4v) is 4.40. The first-order chi connectivity index (χ1) is 14.2. The second-order valence-corrected chi connectivity index (χ2v) is 14.4. The molecule has 0 unspecified atom stereocenters. The van der Waals surface area contributed by atoms with E-state index in [2.05, 4.69) is 100.0 Å². The van der Waals surface area contributed by atoms with Crippen LogP contribution >= 0.6 is 0 Å². The third-order valence-electron chi connectivity index (χ3n) is 6.28. The predicted octanol–water partition coefficient (Wildman–Crippen LogP) is 7.37. The first-order valence-corrected chi connectivity index (χ1v) is 14.1. The van der Waals surface area contributed by atoms with Gasteiger partial charge in [0.1, 0.15) is 5.75 Å². The molecule has 0 amide bonds. The molecule has 3 aromatic rings. The van der Waals surface area contributed by atoms with Gasteiger partial charge in [0.05, 0.1) is 12.1 Å². The predicted molar refractivity (Wildman–Crippen MR) is 131 cm³/mol. The van der Waals surface area contributed by atoms with Crippen molar-refractivity contribution in [3.05, 3.63) is 60.3 Å². The molecule has 1 heterocycles. The fourth-order valence-electron chi connectivity index (χ4n) is 3.35. The van der Waals surface area contributed by atoms with Crippen molar-refractivity contribution in [3.63, 3.8) is 0 Å². The van der Waals surface area contributed by atoms with Crippen molar-refractivity contribution in [2.75, 3.05) is 13.2 Å². The average Bonchev–Trinajstić information content (AvgIpc) is 3.06. The van der Waals surface area contributed by atoms with Gasteiger partial charge in [-0.2, -0.15) is 0 Å². The van der Waals surface area contributed by atoms with E-state index in [-0.39, 0.29) is 5.04 Å². The summed E-state index contributed by atoms with van der Waals surface area (Å²) in [6.07, 6.45) is 3.13. The smallest absolute Gasteiger partial charge is 0.191 e. The van der Waals surface area contributed by atoms with E-state index in [9.17, 15) is 0 Å². The number of aromatic nitrogens is 1. The van der Waals surface area contributed by atoms with Gasteiger partial charge in [-0.15, -0.1) is 0 Å². The van der Waals surface area contributed by atoms with Crippen molar-refractivity contribution in [1.29, 1.82) is 0 Å². The Balaban J connectivity index is 1.83. The molecule has 162 valence electrons. The molecule has 3 rings (SSSR count). The summed E-state index contributed by atoms with van der Waals surface area (Å²) in [6, 6.07) is 19.4. The number of rotatable bonds is 9. The molecule has 0 bridgehead atoms.